The van der Waals surface area contributed by atoms with Crippen LogP contribution in [0, 0.1) is 19.7 Å². The van der Waals surface area contributed by atoms with Gasteiger partial charge in [-0.25, -0.2) is 9.18 Å². The highest BCUT2D eigenvalue weighted by atomic mass is 19.1. The van der Waals surface area contributed by atoms with Gasteiger partial charge >= 0.3 is 5.97 Å². The number of carboxylic acids is 1. The SMILES string of the molecule is Cc1cccc(C)c1C(=O)Nc1ccc(F)cc1C(=O)O. The molecule has 0 aliphatic heterocycles. The Bertz CT molecular complexity index is 705. The van der Waals surface area contributed by atoms with Crippen LogP contribution in [0.2, 0.25) is 0 Å². The van der Waals surface area contributed by atoms with Crippen molar-refractivity contribution in [3.63, 3.8) is 0 Å². The van der Waals surface area contributed by atoms with Crippen LogP contribution < -0.4 is 5.32 Å². The van der Waals surface area contributed by atoms with E-state index in [4.69, 9.17) is 5.11 Å². The van der Waals surface area contributed by atoms with E-state index in [9.17, 15) is 14.0 Å². The molecule has 2 aromatic carbocycles. The molecule has 0 saturated heterocycles. The zero-order valence-corrected chi connectivity index (χ0v) is 11.6. The zero-order chi connectivity index (χ0) is 15.6. The number of benzene rings is 2. The van der Waals surface area contributed by atoms with Gasteiger partial charge in [-0.2, -0.15) is 0 Å². The lowest BCUT2D eigenvalue weighted by molar-refractivity contribution is 0.0697. The molecule has 2 aromatic rings. The topological polar surface area (TPSA) is 66.4 Å². The van der Waals surface area contributed by atoms with Gasteiger partial charge in [-0.15, -0.1) is 0 Å². The first kappa shape index (κ1) is 14.7. The first-order valence-corrected chi connectivity index (χ1v) is 6.30. The molecule has 0 spiro atoms. The van der Waals surface area contributed by atoms with E-state index in [1.165, 1.54) is 6.07 Å². The molecule has 0 aromatic heterocycles. The van der Waals surface area contributed by atoms with Crippen LogP contribution in [0.5, 0.6) is 0 Å². The van der Waals surface area contributed by atoms with Crippen LogP contribution in [0.3, 0.4) is 0 Å². The second kappa shape index (κ2) is 5.75. The van der Waals surface area contributed by atoms with E-state index < -0.39 is 17.7 Å². The average Bonchev–Trinajstić information content (AvgIpc) is 2.40. The van der Waals surface area contributed by atoms with Crippen LogP contribution >= 0.6 is 0 Å². The molecule has 2 N–H and O–H groups in total. The Balaban J connectivity index is 2.39. The number of nitrogens with one attached hydrogen (secondary N) is 1. The number of aryl methyl sites for hydroxylation is 2. The quantitative estimate of drug-likeness (QED) is 0.909. The Kier molecular flexibility index (Phi) is 4.03. The Hall–Kier alpha value is -2.69. The maximum atomic E-state index is 13.1. The molecule has 0 heterocycles. The van der Waals surface area contributed by atoms with Crippen molar-refractivity contribution in [3.8, 4) is 0 Å². The average molecular weight is 287 g/mol. The minimum atomic E-state index is -1.30. The normalized spacial score (nSPS) is 10.2. The van der Waals surface area contributed by atoms with E-state index in [2.05, 4.69) is 5.32 Å². The third-order valence-corrected chi connectivity index (χ3v) is 3.17. The maximum Gasteiger partial charge on any atom is 0.337 e. The first-order valence-electron chi connectivity index (χ1n) is 6.30. The van der Waals surface area contributed by atoms with E-state index in [1.807, 2.05) is 6.07 Å². The number of rotatable bonds is 3. The second-order valence-corrected chi connectivity index (χ2v) is 4.72. The van der Waals surface area contributed by atoms with E-state index in [0.717, 1.165) is 23.3 Å². The molecule has 21 heavy (non-hydrogen) atoms. The van der Waals surface area contributed by atoms with Crippen molar-refractivity contribution in [2.75, 3.05) is 5.32 Å². The number of aromatic carboxylic acids is 1. The minimum Gasteiger partial charge on any atom is -0.478 e. The Morgan fingerprint density at radius 1 is 1.10 bits per heavy atom. The molecular weight excluding hydrogens is 273 g/mol. The number of hydrogen-bond donors (Lipinski definition) is 2. The number of amides is 1. The highest BCUT2D eigenvalue weighted by Crippen LogP contribution is 2.20. The molecule has 0 aliphatic carbocycles. The Morgan fingerprint density at radius 3 is 2.29 bits per heavy atom. The summed E-state index contributed by atoms with van der Waals surface area (Å²) >= 11 is 0. The summed E-state index contributed by atoms with van der Waals surface area (Å²) in [6.45, 7) is 3.59. The van der Waals surface area contributed by atoms with Gasteiger partial charge in [0.05, 0.1) is 11.3 Å². The van der Waals surface area contributed by atoms with Crippen LogP contribution in [-0.4, -0.2) is 17.0 Å². The predicted octanol–water partition coefficient (Wildman–Crippen LogP) is 3.39. The fraction of sp³-hybridized carbons (Fsp3) is 0.125. The van der Waals surface area contributed by atoms with E-state index >= 15 is 0 Å². The van der Waals surface area contributed by atoms with Crippen molar-refractivity contribution >= 4 is 17.6 Å². The lowest BCUT2D eigenvalue weighted by Crippen LogP contribution is -2.17. The summed E-state index contributed by atoms with van der Waals surface area (Å²) in [6, 6.07) is 8.65. The molecule has 2 rings (SSSR count). The number of carbonyl (C=O) groups excluding carboxylic acids is 1. The summed E-state index contributed by atoms with van der Waals surface area (Å²) < 4.78 is 13.1. The second-order valence-electron chi connectivity index (χ2n) is 4.72. The van der Waals surface area contributed by atoms with Crippen LogP contribution in [0.25, 0.3) is 0 Å². The summed E-state index contributed by atoms with van der Waals surface area (Å²) in [5.41, 5.74) is 1.84. The molecule has 4 nitrogen and oxygen atoms in total. The molecule has 0 atom stereocenters. The lowest BCUT2D eigenvalue weighted by Gasteiger charge is -2.12. The first-order chi connectivity index (χ1) is 9.90. The predicted molar refractivity (Wildman–Crippen MR) is 77.2 cm³/mol. The lowest BCUT2D eigenvalue weighted by atomic mass is 10.0. The van der Waals surface area contributed by atoms with Gasteiger partial charge in [-0.3, -0.25) is 4.79 Å². The van der Waals surface area contributed by atoms with Gasteiger partial charge in [-0.1, -0.05) is 18.2 Å². The monoisotopic (exact) mass is 287 g/mol. The van der Waals surface area contributed by atoms with Crippen molar-refractivity contribution in [2.24, 2.45) is 0 Å². The number of carboxylic acid groups (broad SMARTS) is 1. The van der Waals surface area contributed by atoms with Crippen LogP contribution in [-0.2, 0) is 0 Å². The number of carbonyl (C=O) groups is 2. The summed E-state index contributed by atoms with van der Waals surface area (Å²) in [4.78, 5) is 23.4. The van der Waals surface area contributed by atoms with Crippen molar-refractivity contribution in [1.82, 2.24) is 0 Å². The molecule has 0 fully saturated rings. The fourth-order valence-electron chi connectivity index (χ4n) is 2.16. The third-order valence-electron chi connectivity index (χ3n) is 3.17. The molecule has 0 aliphatic rings. The van der Waals surface area contributed by atoms with E-state index in [0.29, 0.717) is 5.56 Å². The number of anilines is 1. The van der Waals surface area contributed by atoms with Gasteiger partial charge in [0.1, 0.15) is 5.82 Å². The van der Waals surface area contributed by atoms with Gasteiger partial charge in [0.25, 0.3) is 5.91 Å². The summed E-state index contributed by atoms with van der Waals surface area (Å²) in [6.07, 6.45) is 0. The maximum absolute atomic E-state index is 13.1. The van der Waals surface area contributed by atoms with Crippen LogP contribution in [0.1, 0.15) is 31.8 Å². The molecule has 5 heteroatoms. The molecule has 1 amide bonds. The minimum absolute atomic E-state index is 0.0663. The third kappa shape index (κ3) is 3.08. The van der Waals surface area contributed by atoms with Gasteiger partial charge in [0.2, 0.25) is 0 Å². The van der Waals surface area contributed by atoms with Crippen molar-refractivity contribution < 1.29 is 19.1 Å². The van der Waals surface area contributed by atoms with E-state index in [-0.39, 0.29) is 11.3 Å². The highest BCUT2D eigenvalue weighted by Gasteiger charge is 2.17. The van der Waals surface area contributed by atoms with Gasteiger partial charge in [0.15, 0.2) is 0 Å². The molecule has 108 valence electrons. The van der Waals surface area contributed by atoms with E-state index in [1.54, 1.807) is 26.0 Å². The van der Waals surface area contributed by atoms with Crippen LogP contribution in [0.4, 0.5) is 10.1 Å². The zero-order valence-electron chi connectivity index (χ0n) is 11.6. The van der Waals surface area contributed by atoms with Gasteiger partial charge < -0.3 is 10.4 Å². The molecule has 0 saturated carbocycles. The Morgan fingerprint density at radius 2 is 1.71 bits per heavy atom. The van der Waals surface area contributed by atoms with Crippen molar-refractivity contribution in [2.45, 2.75) is 13.8 Å². The molecular formula is C16H14FNO3. The smallest absolute Gasteiger partial charge is 0.337 e. The fourth-order valence-corrected chi connectivity index (χ4v) is 2.16. The highest BCUT2D eigenvalue weighted by molar-refractivity contribution is 6.09. The van der Waals surface area contributed by atoms with Crippen molar-refractivity contribution in [1.29, 1.82) is 0 Å². The molecule has 0 radical (unpaired) electrons. The largest absolute Gasteiger partial charge is 0.478 e. The standard InChI is InChI=1S/C16H14FNO3/c1-9-4-3-5-10(2)14(9)15(19)18-13-7-6-11(17)8-12(13)16(20)21/h3-8H,1-2H3,(H,18,19)(H,20,21). The summed E-state index contributed by atoms with van der Waals surface area (Å²) in [5, 5.41) is 11.6. The Labute approximate surface area is 121 Å². The number of hydrogen-bond acceptors (Lipinski definition) is 2. The van der Waals surface area contributed by atoms with Crippen molar-refractivity contribution in [3.05, 3.63) is 64.5 Å². The molecule has 0 bridgehead atoms. The van der Waals surface area contributed by atoms with Crippen LogP contribution in [0.15, 0.2) is 36.4 Å². The summed E-state index contributed by atoms with van der Waals surface area (Å²) in [5.74, 6) is -2.39. The summed E-state index contributed by atoms with van der Waals surface area (Å²) in [7, 11) is 0. The molecule has 0 unspecified atom stereocenters. The number of halogens is 1. The van der Waals surface area contributed by atoms with Gasteiger partial charge in [0, 0.05) is 5.56 Å². The van der Waals surface area contributed by atoms with Gasteiger partial charge in [-0.05, 0) is 43.2 Å².